The quantitative estimate of drug-likeness (QED) is 0.733. The van der Waals surface area contributed by atoms with Crippen molar-refractivity contribution >= 4 is 23.6 Å². The van der Waals surface area contributed by atoms with Crippen LogP contribution in [0.25, 0.3) is 6.08 Å². The molecule has 1 N–H and O–H groups in total. The number of ether oxygens (including phenoxy) is 2. The van der Waals surface area contributed by atoms with Gasteiger partial charge >= 0.3 is 0 Å². The SMILES string of the molecule is CC[C@@H](NC(=O)/C=C/c1ccccc1Cl)c1ccc(OC)c(OC)c1. The van der Waals surface area contributed by atoms with Crippen molar-refractivity contribution in [1.82, 2.24) is 5.32 Å². The number of nitrogens with one attached hydrogen (secondary N) is 1. The van der Waals surface area contributed by atoms with Gasteiger partial charge < -0.3 is 14.8 Å². The Kier molecular flexibility index (Phi) is 6.90. The van der Waals surface area contributed by atoms with Crippen molar-refractivity contribution in [2.75, 3.05) is 14.2 Å². The Bertz CT molecular complexity index is 758. The Morgan fingerprint density at radius 3 is 2.52 bits per heavy atom. The monoisotopic (exact) mass is 359 g/mol. The first-order valence-electron chi connectivity index (χ1n) is 8.04. The van der Waals surface area contributed by atoms with Crippen LogP contribution in [0.1, 0.15) is 30.5 Å². The van der Waals surface area contributed by atoms with E-state index in [9.17, 15) is 4.79 Å². The van der Waals surface area contributed by atoms with Gasteiger partial charge in [-0.25, -0.2) is 0 Å². The molecule has 0 aliphatic rings. The molecule has 0 radical (unpaired) electrons. The largest absolute Gasteiger partial charge is 0.493 e. The first-order valence-corrected chi connectivity index (χ1v) is 8.41. The van der Waals surface area contributed by atoms with Crippen molar-refractivity contribution in [3.05, 3.63) is 64.7 Å². The summed E-state index contributed by atoms with van der Waals surface area (Å²) in [6, 6.07) is 12.9. The first-order chi connectivity index (χ1) is 12.1. The van der Waals surface area contributed by atoms with Crippen LogP contribution < -0.4 is 14.8 Å². The smallest absolute Gasteiger partial charge is 0.244 e. The molecule has 0 aliphatic carbocycles. The molecule has 0 aliphatic heterocycles. The molecule has 4 nitrogen and oxygen atoms in total. The summed E-state index contributed by atoms with van der Waals surface area (Å²) in [4.78, 5) is 12.3. The highest BCUT2D eigenvalue weighted by atomic mass is 35.5. The van der Waals surface area contributed by atoms with Gasteiger partial charge in [-0.1, -0.05) is 42.8 Å². The van der Waals surface area contributed by atoms with Crippen LogP contribution in [0, 0.1) is 0 Å². The topological polar surface area (TPSA) is 47.6 Å². The number of hydrogen-bond donors (Lipinski definition) is 1. The van der Waals surface area contributed by atoms with Crippen LogP contribution >= 0.6 is 11.6 Å². The zero-order valence-electron chi connectivity index (χ0n) is 14.6. The number of carbonyl (C=O) groups excluding carboxylic acids is 1. The summed E-state index contributed by atoms with van der Waals surface area (Å²) in [6.07, 6.45) is 3.95. The van der Waals surface area contributed by atoms with Crippen LogP contribution in [0.15, 0.2) is 48.5 Å². The van der Waals surface area contributed by atoms with E-state index in [4.69, 9.17) is 21.1 Å². The molecule has 2 aromatic carbocycles. The maximum absolute atomic E-state index is 12.3. The van der Waals surface area contributed by atoms with E-state index >= 15 is 0 Å². The number of benzene rings is 2. The molecule has 0 spiro atoms. The molecule has 0 saturated heterocycles. The molecule has 2 aromatic rings. The Morgan fingerprint density at radius 1 is 1.16 bits per heavy atom. The number of amides is 1. The molecule has 132 valence electrons. The second-order valence-electron chi connectivity index (χ2n) is 5.44. The third kappa shape index (κ3) is 5.00. The summed E-state index contributed by atoms with van der Waals surface area (Å²) in [5, 5.41) is 3.61. The molecule has 1 amide bonds. The standard InChI is InChI=1S/C20H22ClNO3/c1-4-17(15-9-11-18(24-2)19(13-15)25-3)22-20(23)12-10-14-7-5-6-8-16(14)21/h5-13,17H,4H2,1-3H3,(H,22,23)/b12-10+/t17-/m1/s1. The summed E-state index contributed by atoms with van der Waals surface area (Å²) in [7, 11) is 3.18. The fourth-order valence-corrected chi connectivity index (χ4v) is 2.68. The molecule has 0 heterocycles. The lowest BCUT2D eigenvalue weighted by molar-refractivity contribution is -0.117. The Morgan fingerprint density at radius 2 is 1.88 bits per heavy atom. The molecular formula is C20H22ClNO3. The van der Waals surface area contributed by atoms with Gasteiger partial charge in [0.1, 0.15) is 0 Å². The van der Waals surface area contributed by atoms with Gasteiger partial charge in [0.05, 0.1) is 20.3 Å². The van der Waals surface area contributed by atoms with E-state index in [1.165, 1.54) is 6.08 Å². The molecule has 2 rings (SSSR count). The lowest BCUT2D eigenvalue weighted by atomic mass is 10.0. The van der Waals surface area contributed by atoms with E-state index < -0.39 is 0 Å². The maximum Gasteiger partial charge on any atom is 0.244 e. The molecule has 0 saturated carbocycles. The predicted molar refractivity (Wildman–Crippen MR) is 101 cm³/mol. The van der Waals surface area contributed by atoms with Crippen molar-refractivity contribution < 1.29 is 14.3 Å². The highest BCUT2D eigenvalue weighted by molar-refractivity contribution is 6.32. The average molecular weight is 360 g/mol. The number of methoxy groups -OCH3 is 2. The van der Waals surface area contributed by atoms with E-state index in [1.54, 1.807) is 26.4 Å². The molecule has 1 atom stereocenters. The van der Waals surface area contributed by atoms with Crippen LogP contribution in [0.3, 0.4) is 0 Å². The van der Waals surface area contributed by atoms with E-state index in [1.807, 2.05) is 43.3 Å². The van der Waals surface area contributed by atoms with Crippen LogP contribution in [0.2, 0.25) is 5.02 Å². The van der Waals surface area contributed by atoms with Crippen LogP contribution in [-0.2, 0) is 4.79 Å². The van der Waals surface area contributed by atoms with Gasteiger partial charge in [0.2, 0.25) is 5.91 Å². The molecule has 0 fully saturated rings. The van der Waals surface area contributed by atoms with Gasteiger partial charge in [0, 0.05) is 11.1 Å². The number of carbonyl (C=O) groups is 1. The van der Waals surface area contributed by atoms with Crippen molar-refractivity contribution in [2.24, 2.45) is 0 Å². The van der Waals surface area contributed by atoms with Crippen LogP contribution in [-0.4, -0.2) is 20.1 Å². The summed E-state index contributed by atoms with van der Waals surface area (Å²) >= 11 is 6.09. The molecular weight excluding hydrogens is 338 g/mol. The van der Waals surface area contributed by atoms with Crippen molar-refractivity contribution in [2.45, 2.75) is 19.4 Å². The van der Waals surface area contributed by atoms with Gasteiger partial charge in [-0.05, 0) is 41.8 Å². The second kappa shape index (κ2) is 9.14. The van der Waals surface area contributed by atoms with Crippen molar-refractivity contribution in [1.29, 1.82) is 0 Å². The Hall–Kier alpha value is -2.46. The summed E-state index contributed by atoms with van der Waals surface area (Å²) in [6.45, 7) is 2.01. The molecule has 0 unspecified atom stereocenters. The summed E-state index contributed by atoms with van der Waals surface area (Å²) in [5.41, 5.74) is 1.76. The van der Waals surface area contributed by atoms with Crippen LogP contribution in [0.5, 0.6) is 11.5 Å². The minimum Gasteiger partial charge on any atom is -0.493 e. The van der Waals surface area contributed by atoms with E-state index in [-0.39, 0.29) is 11.9 Å². The third-order valence-electron chi connectivity index (χ3n) is 3.85. The highest BCUT2D eigenvalue weighted by Crippen LogP contribution is 2.30. The maximum atomic E-state index is 12.3. The molecule has 5 heteroatoms. The number of hydrogen-bond acceptors (Lipinski definition) is 3. The van der Waals surface area contributed by atoms with Gasteiger partial charge in [0.15, 0.2) is 11.5 Å². The van der Waals surface area contributed by atoms with Crippen LogP contribution in [0.4, 0.5) is 0 Å². The van der Waals surface area contributed by atoms with E-state index in [0.717, 1.165) is 17.5 Å². The predicted octanol–water partition coefficient (Wildman–Crippen LogP) is 4.64. The summed E-state index contributed by atoms with van der Waals surface area (Å²) in [5.74, 6) is 1.12. The number of halogens is 1. The Labute approximate surface area is 153 Å². The van der Waals surface area contributed by atoms with E-state index in [0.29, 0.717) is 16.5 Å². The van der Waals surface area contributed by atoms with Gasteiger partial charge in [-0.3, -0.25) is 4.79 Å². The first kappa shape index (κ1) is 18.9. The average Bonchev–Trinajstić information content (AvgIpc) is 2.64. The van der Waals surface area contributed by atoms with Gasteiger partial charge in [-0.2, -0.15) is 0 Å². The van der Waals surface area contributed by atoms with Gasteiger partial charge in [0.25, 0.3) is 0 Å². The normalized spacial score (nSPS) is 12.0. The molecule has 25 heavy (non-hydrogen) atoms. The van der Waals surface area contributed by atoms with Gasteiger partial charge in [-0.15, -0.1) is 0 Å². The lowest BCUT2D eigenvalue weighted by Gasteiger charge is -2.18. The zero-order valence-corrected chi connectivity index (χ0v) is 15.3. The third-order valence-corrected chi connectivity index (χ3v) is 4.20. The van der Waals surface area contributed by atoms with Crippen molar-refractivity contribution in [3.63, 3.8) is 0 Å². The second-order valence-corrected chi connectivity index (χ2v) is 5.85. The fraction of sp³-hybridized carbons (Fsp3) is 0.250. The van der Waals surface area contributed by atoms with E-state index in [2.05, 4.69) is 5.32 Å². The highest BCUT2D eigenvalue weighted by Gasteiger charge is 2.14. The Balaban J connectivity index is 2.11. The zero-order chi connectivity index (χ0) is 18.2. The molecule has 0 bridgehead atoms. The summed E-state index contributed by atoms with van der Waals surface area (Å²) < 4.78 is 10.6. The minimum atomic E-state index is -0.179. The lowest BCUT2D eigenvalue weighted by Crippen LogP contribution is -2.26. The minimum absolute atomic E-state index is 0.122. The fourth-order valence-electron chi connectivity index (χ4n) is 2.49. The van der Waals surface area contributed by atoms with Crippen molar-refractivity contribution in [3.8, 4) is 11.5 Å². The molecule has 0 aromatic heterocycles. The number of rotatable bonds is 7.